The van der Waals surface area contributed by atoms with Crippen LogP contribution in [0.2, 0.25) is 0 Å². The number of aliphatic hydroxyl groups excluding tert-OH is 1. The third-order valence-electron chi connectivity index (χ3n) is 2.41. The molecule has 1 aromatic carbocycles. The first kappa shape index (κ1) is 12.4. The van der Waals surface area contributed by atoms with Crippen LogP contribution in [0.15, 0.2) is 42.6 Å². The molecule has 0 amide bonds. The van der Waals surface area contributed by atoms with Gasteiger partial charge in [0.15, 0.2) is 0 Å². The average Bonchev–Trinajstić information content (AvgIpc) is 2.40. The summed E-state index contributed by atoms with van der Waals surface area (Å²) in [6.45, 7) is 2.84. The molecule has 0 saturated heterocycles. The summed E-state index contributed by atoms with van der Waals surface area (Å²) < 4.78 is 5.72. The Kier molecular flexibility index (Phi) is 4.15. The molecular formula is C14H16N2O2. The summed E-state index contributed by atoms with van der Waals surface area (Å²) in [4.78, 5) is 4.17. The number of benzene rings is 1. The molecule has 18 heavy (non-hydrogen) atoms. The van der Waals surface area contributed by atoms with Crippen molar-refractivity contribution in [1.29, 1.82) is 0 Å². The topological polar surface area (TPSA) is 54.4 Å². The molecule has 0 radical (unpaired) electrons. The zero-order valence-corrected chi connectivity index (χ0v) is 10.3. The van der Waals surface area contributed by atoms with E-state index < -0.39 is 0 Å². The van der Waals surface area contributed by atoms with Gasteiger partial charge >= 0.3 is 0 Å². The van der Waals surface area contributed by atoms with Crippen molar-refractivity contribution in [2.75, 3.05) is 11.9 Å². The van der Waals surface area contributed by atoms with Crippen molar-refractivity contribution in [1.82, 2.24) is 4.98 Å². The van der Waals surface area contributed by atoms with Gasteiger partial charge in [0.2, 0.25) is 0 Å². The standard InChI is InChI=1S/C14H16N2O2/c1-2-15-14-9-13(6-7-16-14)18-12-5-3-4-11(8-12)10-17/h3-9,17H,2,10H2,1H3,(H,15,16). The molecule has 0 saturated carbocycles. The molecule has 2 rings (SSSR count). The summed E-state index contributed by atoms with van der Waals surface area (Å²) >= 11 is 0. The number of ether oxygens (including phenoxy) is 1. The Balaban J connectivity index is 2.14. The van der Waals surface area contributed by atoms with E-state index in [0.717, 1.165) is 23.7 Å². The van der Waals surface area contributed by atoms with Gasteiger partial charge in [-0.1, -0.05) is 12.1 Å². The van der Waals surface area contributed by atoms with Crippen LogP contribution in [0.5, 0.6) is 11.5 Å². The summed E-state index contributed by atoms with van der Waals surface area (Å²) in [5.41, 5.74) is 0.827. The number of hydrogen-bond acceptors (Lipinski definition) is 4. The van der Waals surface area contributed by atoms with Crippen molar-refractivity contribution < 1.29 is 9.84 Å². The van der Waals surface area contributed by atoms with E-state index in [1.54, 1.807) is 12.3 Å². The summed E-state index contributed by atoms with van der Waals surface area (Å²) in [7, 11) is 0. The number of anilines is 1. The van der Waals surface area contributed by atoms with Crippen molar-refractivity contribution in [3.63, 3.8) is 0 Å². The lowest BCUT2D eigenvalue weighted by molar-refractivity contribution is 0.281. The van der Waals surface area contributed by atoms with Crippen LogP contribution in [-0.2, 0) is 6.61 Å². The molecule has 0 fully saturated rings. The van der Waals surface area contributed by atoms with Crippen LogP contribution in [-0.4, -0.2) is 16.6 Å². The second-order valence-corrected chi connectivity index (χ2v) is 3.81. The zero-order chi connectivity index (χ0) is 12.8. The number of nitrogens with one attached hydrogen (secondary N) is 1. The normalized spacial score (nSPS) is 10.1. The van der Waals surface area contributed by atoms with E-state index in [9.17, 15) is 0 Å². The van der Waals surface area contributed by atoms with Crippen molar-refractivity contribution in [3.05, 3.63) is 48.2 Å². The van der Waals surface area contributed by atoms with Crippen LogP contribution >= 0.6 is 0 Å². The lowest BCUT2D eigenvalue weighted by atomic mass is 10.2. The Morgan fingerprint density at radius 1 is 1.22 bits per heavy atom. The first-order chi connectivity index (χ1) is 8.81. The minimum atomic E-state index is 0.0101. The molecule has 1 aromatic heterocycles. The van der Waals surface area contributed by atoms with E-state index in [4.69, 9.17) is 9.84 Å². The molecule has 0 bridgehead atoms. The Morgan fingerprint density at radius 3 is 2.83 bits per heavy atom. The minimum Gasteiger partial charge on any atom is -0.457 e. The van der Waals surface area contributed by atoms with Crippen LogP contribution in [0, 0.1) is 0 Å². The van der Waals surface area contributed by atoms with E-state index in [1.165, 1.54) is 0 Å². The molecule has 0 atom stereocenters. The zero-order valence-electron chi connectivity index (χ0n) is 10.3. The van der Waals surface area contributed by atoms with Gasteiger partial charge in [-0.25, -0.2) is 4.98 Å². The molecular weight excluding hydrogens is 228 g/mol. The van der Waals surface area contributed by atoms with E-state index in [1.807, 2.05) is 37.3 Å². The third-order valence-corrected chi connectivity index (χ3v) is 2.41. The highest BCUT2D eigenvalue weighted by Gasteiger charge is 2.00. The Labute approximate surface area is 106 Å². The maximum Gasteiger partial charge on any atom is 0.132 e. The maximum atomic E-state index is 9.07. The second-order valence-electron chi connectivity index (χ2n) is 3.81. The predicted molar refractivity (Wildman–Crippen MR) is 70.8 cm³/mol. The van der Waals surface area contributed by atoms with Crippen LogP contribution in [0.1, 0.15) is 12.5 Å². The first-order valence-electron chi connectivity index (χ1n) is 5.89. The van der Waals surface area contributed by atoms with Gasteiger partial charge < -0.3 is 15.2 Å². The number of rotatable bonds is 5. The number of pyridine rings is 1. The van der Waals surface area contributed by atoms with Gasteiger partial charge in [-0.3, -0.25) is 0 Å². The van der Waals surface area contributed by atoms with E-state index >= 15 is 0 Å². The first-order valence-corrected chi connectivity index (χ1v) is 5.89. The van der Waals surface area contributed by atoms with Crippen molar-refractivity contribution in [3.8, 4) is 11.5 Å². The monoisotopic (exact) mass is 244 g/mol. The molecule has 2 aromatic rings. The summed E-state index contributed by atoms with van der Waals surface area (Å²) in [5.74, 6) is 2.21. The Bertz CT molecular complexity index is 515. The molecule has 1 heterocycles. The van der Waals surface area contributed by atoms with E-state index in [2.05, 4.69) is 10.3 Å². The molecule has 0 aliphatic carbocycles. The van der Waals surface area contributed by atoms with Crippen LogP contribution in [0.3, 0.4) is 0 Å². The van der Waals surface area contributed by atoms with Crippen molar-refractivity contribution in [2.24, 2.45) is 0 Å². The minimum absolute atomic E-state index is 0.0101. The summed E-state index contributed by atoms with van der Waals surface area (Å²) in [5, 5.41) is 12.2. The van der Waals surface area contributed by atoms with Gasteiger partial charge in [0, 0.05) is 18.8 Å². The molecule has 0 aliphatic rings. The largest absolute Gasteiger partial charge is 0.457 e. The smallest absolute Gasteiger partial charge is 0.132 e. The molecule has 0 aliphatic heterocycles. The van der Waals surface area contributed by atoms with Gasteiger partial charge in [-0.05, 0) is 30.7 Å². The third kappa shape index (κ3) is 3.21. The predicted octanol–water partition coefficient (Wildman–Crippen LogP) is 2.80. The quantitative estimate of drug-likeness (QED) is 0.849. The number of hydrogen-bond donors (Lipinski definition) is 2. The molecule has 0 unspecified atom stereocenters. The van der Waals surface area contributed by atoms with Crippen molar-refractivity contribution in [2.45, 2.75) is 13.5 Å². The van der Waals surface area contributed by atoms with E-state index in [0.29, 0.717) is 5.75 Å². The number of aliphatic hydroxyl groups is 1. The molecule has 0 spiro atoms. The van der Waals surface area contributed by atoms with Gasteiger partial charge in [0.25, 0.3) is 0 Å². The molecule has 4 nitrogen and oxygen atoms in total. The van der Waals surface area contributed by atoms with Gasteiger partial charge in [0.1, 0.15) is 17.3 Å². The second kappa shape index (κ2) is 6.02. The summed E-state index contributed by atoms with van der Waals surface area (Å²) in [6.07, 6.45) is 1.70. The fraction of sp³-hybridized carbons (Fsp3) is 0.214. The molecule has 2 N–H and O–H groups in total. The Hall–Kier alpha value is -2.07. The SMILES string of the molecule is CCNc1cc(Oc2cccc(CO)c2)ccn1. The van der Waals surface area contributed by atoms with Gasteiger partial charge in [-0.2, -0.15) is 0 Å². The van der Waals surface area contributed by atoms with Gasteiger partial charge in [-0.15, -0.1) is 0 Å². The highest BCUT2D eigenvalue weighted by molar-refractivity contribution is 5.42. The fourth-order valence-corrected chi connectivity index (χ4v) is 1.60. The number of nitrogens with zero attached hydrogens (tertiary/aromatic N) is 1. The van der Waals surface area contributed by atoms with Crippen LogP contribution < -0.4 is 10.1 Å². The highest BCUT2D eigenvalue weighted by Crippen LogP contribution is 2.23. The molecule has 94 valence electrons. The Morgan fingerprint density at radius 2 is 2.06 bits per heavy atom. The highest BCUT2D eigenvalue weighted by atomic mass is 16.5. The van der Waals surface area contributed by atoms with Crippen LogP contribution in [0.25, 0.3) is 0 Å². The lowest BCUT2D eigenvalue weighted by Gasteiger charge is -2.08. The van der Waals surface area contributed by atoms with Crippen molar-refractivity contribution >= 4 is 5.82 Å². The van der Waals surface area contributed by atoms with Gasteiger partial charge in [0.05, 0.1) is 6.61 Å². The lowest BCUT2D eigenvalue weighted by Crippen LogP contribution is -1.98. The summed E-state index contributed by atoms with van der Waals surface area (Å²) in [6, 6.07) is 11.0. The fourth-order valence-electron chi connectivity index (χ4n) is 1.60. The average molecular weight is 244 g/mol. The maximum absolute atomic E-state index is 9.07. The number of aromatic nitrogens is 1. The van der Waals surface area contributed by atoms with E-state index in [-0.39, 0.29) is 6.61 Å². The molecule has 4 heteroatoms. The van der Waals surface area contributed by atoms with Crippen LogP contribution in [0.4, 0.5) is 5.82 Å².